The molecule has 12 heavy (non-hydrogen) atoms. The van der Waals surface area contributed by atoms with Crippen molar-refractivity contribution in [3.05, 3.63) is 29.3 Å². The van der Waals surface area contributed by atoms with E-state index in [9.17, 15) is 0 Å². The monoisotopic (exact) mass is 156 g/mol. The van der Waals surface area contributed by atoms with Gasteiger partial charge < -0.3 is 0 Å². The Morgan fingerprint density at radius 2 is 2.33 bits per heavy atom. The lowest BCUT2D eigenvalue weighted by Crippen LogP contribution is -2.10. The fourth-order valence-electron chi connectivity index (χ4n) is 1.50. The molecular weight excluding hydrogens is 146 g/mol. The summed E-state index contributed by atoms with van der Waals surface area (Å²) in [4.78, 5) is 0. The topological polar surface area (TPSA) is 14.1 Å². The number of hydrogen-bond acceptors (Lipinski definition) is 0. The second-order valence-corrected chi connectivity index (χ2v) is 2.97. The molecule has 0 aromatic heterocycles. The van der Waals surface area contributed by atoms with E-state index in [2.05, 4.69) is 17.3 Å². The van der Waals surface area contributed by atoms with Gasteiger partial charge >= 0.3 is 0 Å². The van der Waals surface area contributed by atoms with Crippen LogP contribution in [0.4, 0.5) is 5.69 Å². The molecular formula is C11H10N. The molecule has 0 amide bonds. The number of terminal acetylenes is 1. The van der Waals surface area contributed by atoms with Crippen LogP contribution in [0, 0.1) is 12.3 Å². The Labute approximate surface area is 72.8 Å². The SMILES string of the molecule is C#Cc1ccc2c(c1)CCC[N]2. The zero-order chi connectivity index (χ0) is 8.39. The maximum Gasteiger partial charge on any atom is 0.0607 e. The van der Waals surface area contributed by atoms with Gasteiger partial charge in [0.15, 0.2) is 0 Å². The van der Waals surface area contributed by atoms with E-state index in [-0.39, 0.29) is 0 Å². The molecule has 0 bridgehead atoms. The zero-order valence-corrected chi connectivity index (χ0v) is 6.88. The summed E-state index contributed by atoms with van der Waals surface area (Å²) in [6, 6.07) is 6.04. The first-order valence-corrected chi connectivity index (χ1v) is 4.17. The average Bonchev–Trinajstić information content (AvgIpc) is 2.17. The average molecular weight is 156 g/mol. The molecule has 0 saturated heterocycles. The van der Waals surface area contributed by atoms with E-state index in [4.69, 9.17) is 6.42 Å². The standard InChI is InChI=1S/C11H10N/c1-2-9-5-6-11-10(8-9)4-3-7-12-11/h1,5-6,8H,3-4,7H2. The van der Waals surface area contributed by atoms with Crippen LogP contribution < -0.4 is 5.32 Å². The second-order valence-electron chi connectivity index (χ2n) is 2.97. The molecule has 1 aliphatic rings. The van der Waals surface area contributed by atoms with Crippen molar-refractivity contribution in [3.63, 3.8) is 0 Å². The van der Waals surface area contributed by atoms with Crippen LogP contribution in [0.25, 0.3) is 0 Å². The quantitative estimate of drug-likeness (QED) is 0.509. The highest BCUT2D eigenvalue weighted by molar-refractivity contribution is 5.51. The van der Waals surface area contributed by atoms with Crippen LogP contribution in [0.5, 0.6) is 0 Å². The Balaban J connectivity index is 2.44. The Hall–Kier alpha value is -1.42. The summed E-state index contributed by atoms with van der Waals surface area (Å²) in [5, 5.41) is 4.40. The Morgan fingerprint density at radius 3 is 3.17 bits per heavy atom. The Bertz CT molecular complexity index is 333. The van der Waals surface area contributed by atoms with Gasteiger partial charge in [-0.2, -0.15) is 0 Å². The summed E-state index contributed by atoms with van der Waals surface area (Å²) >= 11 is 0. The van der Waals surface area contributed by atoms with E-state index in [1.807, 2.05) is 12.1 Å². The maximum absolute atomic E-state index is 5.30. The molecule has 1 nitrogen and oxygen atoms in total. The summed E-state index contributed by atoms with van der Waals surface area (Å²) in [6.45, 7) is 0.961. The molecule has 0 atom stereocenters. The maximum atomic E-state index is 5.30. The smallest absolute Gasteiger partial charge is 0.0607 e. The summed E-state index contributed by atoms with van der Waals surface area (Å²) in [6.07, 6.45) is 7.58. The van der Waals surface area contributed by atoms with Crippen molar-refractivity contribution < 1.29 is 0 Å². The van der Waals surface area contributed by atoms with Gasteiger partial charge in [-0.25, -0.2) is 0 Å². The van der Waals surface area contributed by atoms with Gasteiger partial charge in [0, 0.05) is 12.1 Å². The van der Waals surface area contributed by atoms with Crippen molar-refractivity contribution in [3.8, 4) is 12.3 Å². The number of benzene rings is 1. The fraction of sp³-hybridized carbons (Fsp3) is 0.273. The van der Waals surface area contributed by atoms with Crippen LogP contribution in [-0.2, 0) is 6.42 Å². The summed E-state index contributed by atoms with van der Waals surface area (Å²) < 4.78 is 0. The van der Waals surface area contributed by atoms with Crippen molar-refractivity contribution in [2.24, 2.45) is 0 Å². The predicted molar refractivity (Wildman–Crippen MR) is 49.4 cm³/mol. The predicted octanol–water partition coefficient (Wildman–Crippen LogP) is 1.85. The molecule has 2 rings (SSSR count). The Morgan fingerprint density at radius 1 is 1.42 bits per heavy atom. The molecule has 0 saturated carbocycles. The number of rotatable bonds is 0. The zero-order valence-electron chi connectivity index (χ0n) is 6.88. The first-order valence-electron chi connectivity index (χ1n) is 4.17. The molecule has 0 spiro atoms. The van der Waals surface area contributed by atoms with Crippen LogP contribution in [0.15, 0.2) is 18.2 Å². The van der Waals surface area contributed by atoms with Gasteiger partial charge in [-0.3, -0.25) is 5.32 Å². The number of fused-ring (bicyclic) bond motifs is 1. The van der Waals surface area contributed by atoms with Crippen LogP contribution in [0.3, 0.4) is 0 Å². The lowest BCUT2D eigenvalue weighted by molar-refractivity contribution is 0.704. The number of hydrogen-bond donors (Lipinski definition) is 0. The first kappa shape index (κ1) is 7.24. The third kappa shape index (κ3) is 1.16. The number of aryl methyl sites for hydroxylation is 1. The molecule has 59 valence electrons. The molecule has 1 aliphatic heterocycles. The lowest BCUT2D eigenvalue weighted by atomic mass is 10.0. The highest BCUT2D eigenvalue weighted by Crippen LogP contribution is 2.22. The molecule has 1 heterocycles. The summed E-state index contributed by atoms with van der Waals surface area (Å²) in [5.41, 5.74) is 3.39. The number of nitrogens with zero attached hydrogens (tertiary/aromatic N) is 1. The van der Waals surface area contributed by atoms with E-state index >= 15 is 0 Å². The van der Waals surface area contributed by atoms with Crippen molar-refractivity contribution >= 4 is 5.69 Å². The van der Waals surface area contributed by atoms with Gasteiger partial charge in [0.05, 0.1) is 5.69 Å². The van der Waals surface area contributed by atoms with E-state index < -0.39 is 0 Å². The van der Waals surface area contributed by atoms with Gasteiger partial charge in [0.2, 0.25) is 0 Å². The molecule has 0 unspecified atom stereocenters. The lowest BCUT2D eigenvalue weighted by Gasteiger charge is -2.15. The highest BCUT2D eigenvalue weighted by atomic mass is 14.9. The molecule has 1 radical (unpaired) electrons. The minimum atomic E-state index is 0.961. The van der Waals surface area contributed by atoms with E-state index in [0.717, 1.165) is 30.6 Å². The molecule has 0 aliphatic carbocycles. The molecule has 0 N–H and O–H groups in total. The highest BCUT2D eigenvalue weighted by Gasteiger charge is 2.08. The second kappa shape index (κ2) is 2.91. The van der Waals surface area contributed by atoms with E-state index in [1.54, 1.807) is 0 Å². The van der Waals surface area contributed by atoms with Gasteiger partial charge in [-0.1, -0.05) is 5.92 Å². The van der Waals surface area contributed by atoms with Crippen LogP contribution in [0.2, 0.25) is 0 Å². The van der Waals surface area contributed by atoms with E-state index in [0.29, 0.717) is 0 Å². The summed E-state index contributed by atoms with van der Waals surface area (Å²) in [5.74, 6) is 2.64. The minimum absolute atomic E-state index is 0.961. The third-order valence-corrected chi connectivity index (χ3v) is 2.13. The van der Waals surface area contributed by atoms with Gasteiger partial charge in [-0.15, -0.1) is 6.42 Å². The largest absolute Gasteiger partial charge is 0.285 e. The molecule has 0 fully saturated rings. The van der Waals surface area contributed by atoms with Crippen molar-refractivity contribution in [2.45, 2.75) is 12.8 Å². The van der Waals surface area contributed by atoms with Gasteiger partial charge in [0.25, 0.3) is 0 Å². The van der Waals surface area contributed by atoms with Crippen LogP contribution in [0.1, 0.15) is 17.5 Å². The van der Waals surface area contributed by atoms with Crippen molar-refractivity contribution in [1.29, 1.82) is 0 Å². The van der Waals surface area contributed by atoms with Crippen LogP contribution in [-0.4, -0.2) is 6.54 Å². The van der Waals surface area contributed by atoms with Gasteiger partial charge in [0.1, 0.15) is 0 Å². The molecule has 1 aromatic rings. The van der Waals surface area contributed by atoms with Crippen molar-refractivity contribution in [2.75, 3.05) is 6.54 Å². The summed E-state index contributed by atoms with van der Waals surface area (Å²) in [7, 11) is 0. The van der Waals surface area contributed by atoms with E-state index in [1.165, 1.54) is 5.56 Å². The Kier molecular flexibility index (Phi) is 1.75. The van der Waals surface area contributed by atoms with Gasteiger partial charge in [-0.05, 0) is 36.6 Å². The minimum Gasteiger partial charge on any atom is -0.285 e. The fourth-order valence-corrected chi connectivity index (χ4v) is 1.50. The molecule has 1 aromatic carbocycles. The van der Waals surface area contributed by atoms with Crippen LogP contribution >= 0.6 is 0 Å². The molecule has 1 heteroatoms. The normalized spacial score (nSPS) is 14.2. The first-order chi connectivity index (χ1) is 5.90. The van der Waals surface area contributed by atoms with Crippen molar-refractivity contribution in [1.82, 2.24) is 5.32 Å². The third-order valence-electron chi connectivity index (χ3n) is 2.13.